The number of unbranched alkanes of at least 4 members (excludes halogenated alkanes) is 1. The molecular formula is C11H23N3O3. The molecule has 100 valence electrons. The lowest BCUT2D eigenvalue weighted by Gasteiger charge is -2.17. The van der Waals surface area contributed by atoms with Crippen molar-refractivity contribution in [3.63, 3.8) is 0 Å². The summed E-state index contributed by atoms with van der Waals surface area (Å²) >= 11 is 0. The number of carbonyl (C=O) groups is 1. The Morgan fingerprint density at radius 2 is 2.18 bits per heavy atom. The molecule has 1 rings (SSSR count). The lowest BCUT2D eigenvalue weighted by atomic mass is 10.3. The zero-order chi connectivity index (χ0) is 13.3. The van der Waals surface area contributed by atoms with Gasteiger partial charge in [-0.15, -0.1) is 0 Å². The summed E-state index contributed by atoms with van der Waals surface area (Å²) < 4.78 is 0. The Hall–Kier alpha value is -1.27. The van der Waals surface area contributed by atoms with Crippen LogP contribution in [-0.2, 0) is 4.79 Å². The summed E-state index contributed by atoms with van der Waals surface area (Å²) in [7, 11) is 2.10. The van der Waals surface area contributed by atoms with Crippen LogP contribution >= 0.6 is 0 Å². The number of hydrogen-bond donors (Lipinski definition) is 3. The quantitative estimate of drug-likeness (QED) is 0.624. The van der Waals surface area contributed by atoms with Gasteiger partial charge in [0.05, 0.1) is 13.3 Å². The number of aliphatic hydroxyl groups is 1. The maximum absolute atomic E-state index is 9.65. The number of aliphatic carboxylic acids is 1. The standard InChI is InChI=1S/C8H16N2.C3H7NO3/c1-3-4-5-10-7-6-9(2)8-10;4-2(1-5)3(6)7/h6-7H,3-5,8H2,1-2H3;2,5H,1,4H2,(H,6,7)/t;2-/m.0/s1. The fourth-order valence-corrected chi connectivity index (χ4v) is 1.17. The van der Waals surface area contributed by atoms with Gasteiger partial charge >= 0.3 is 5.97 Å². The SMILES string of the molecule is CCCCN1C=CN(C)C1.N[C@@H](CO)C(=O)O. The first kappa shape index (κ1) is 15.7. The molecule has 6 heteroatoms. The van der Waals surface area contributed by atoms with E-state index in [1.807, 2.05) is 0 Å². The van der Waals surface area contributed by atoms with Crippen molar-refractivity contribution in [3.05, 3.63) is 12.4 Å². The molecule has 6 nitrogen and oxygen atoms in total. The normalized spacial score (nSPS) is 15.5. The Morgan fingerprint density at radius 1 is 1.53 bits per heavy atom. The fraction of sp³-hybridized carbons (Fsp3) is 0.727. The lowest BCUT2D eigenvalue weighted by molar-refractivity contribution is -0.139. The van der Waals surface area contributed by atoms with Crippen LogP contribution in [-0.4, -0.2) is 58.9 Å². The van der Waals surface area contributed by atoms with Crippen LogP contribution in [0.25, 0.3) is 0 Å². The fourth-order valence-electron chi connectivity index (χ4n) is 1.17. The van der Waals surface area contributed by atoms with Crippen LogP contribution in [0.15, 0.2) is 12.4 Å². The van der Waals surface area contributed by atoms with Crippen LogP contribution in [0.1, 0.15) is 19.8 Å². The highest BCUT2D eigenvalue weighted by atomic mass is 16.4. The lowest BCUT2D eigenvalue weighted by Crippen LogP contribution is -2.33. The minimum Gasteiger partial charge on any atom is -0.480 e. The third kappa shape index (κ3) is 7.59. The maximum atomic E-state index is 9.65. The third-order valence-corrected chi connectivity index (χ3v) is 2.25. The smallest absolute Gasteiger partial charge is 0.322 e. The molecule has 0 aromatic rings. The second kappa shape index (κ2) is 8.83. The molecule has 0 bridgehead atoms. The molecule has 4 N–H and O–H groups in total. The number of carboxylic acids is 1. The molecule has 0 saturated heterocycles. The highest BCUT2D eigenvalue weighted by Crippen LogP contribution is 2.04. The van der Waals surface area contributed by atoms with E-state index in [1.165, 1.54) is 19.4 Å². The van der Waals surface area contributed by atoms with Gasteiger partial charge in [-0.05, 0) is 6.42 Å². The van der Waals surface area contributed by atoms with Gasteiger partial charge in [0.1, 0.15) is 6.04 Å². The van der Waals surface area contributed by atoms with E-state index in [-0.39, 0.29) is 0 Å². The average molecular weight is 245 g/mol. The number of nitrogens with zero attached hydrogens (tertiary/aromatic N) is 2. The van der Waals surface area contributed by atoms with Gasteiger partial charge in [0.2, 0.25) is 0 Å². The largest absolute Gasteiger partial charge is 0.480 e. The van der Waals surface area contributed by atoms with Crippen molar-refractivity contribution in [1.82, 2.24) is 9.80 Å². The molecule has 1 atom stereocenters. The van der Waals surface area contributed by atoms with Crippen molar-refractivity contribution in [1.29, 1.82) is 0 Å². The summed E-state index contributed by atoms with van der Waals surface area (Å²) in [6.07, 6.45) is 6.87. The molecule has 0 fully saturated rings. The van der Waals surface area contributed by atoms with Crippen molar-refractivity contribution >= 4 is 5.97 Å². The Bertz CT molecular complexity index is 246. The van der Waals surface area contributed by atoms with Gasteiger partial charge < -0.3 is 25.7 Å². The van der Waals surface area contributed by atoms with E-state index in [4.69, 9.17) is 15.9 Å². The zero-order valence-corrected chi connectivity index (χ0v) is 10.5. The molecule has 0 saturated carbocycles. The second-order valence-corrected chi connectivity index (χ2v) is 3.99. The Labute approximate surface area is 102 Å². The minimum atomic E-state index is -1.18. The molecule has 1 aliphatic rings. The van der Waals surface area contributed by atoms with E-state index in [0.717, 1.165) is 6.67 Å². The van der Waals surface area contributed by atoms with E-state index in [9.17, 15) is 4.79 Å². The predicted molar refractivity (Wildman–Crippen MR) is 66.1 cm³/mol. The maximum Gasteiger partial charge on any atom is 0.322 e. The molecular weight excluding hydrogens is 222 g/mol. The Morgan fingerprint density at radius 3 is 2.47 bits per heavy atom. The Balaban J connectivity index is 0.000000325. The van der Waals surface area contributed by atoms with Gasteiger partial charge in [-0.1, -0.05) is 13.3 Å². The van der Waals surface area contributed by atoms with Gasteiger partial charge in [0.25, 0.3) is 0 Å². The summed E-state index contributed by atoms with van der Waals surface area (Å²) in [6.45, 7) is 4.00. The third-order valence-electron chi connectivity index (χ3n) is 2.25. The van der Waals surface area contributed by atoms with Crippen LogP contribution in [0.2, 0.25) is 0 Å². The second-order valence-electron chi connectivity index (χ2n) is 3.99. The molecule has 0 radical (unpaired) electrons. The molecule has 1 heterocycles. The molecule has 0 spiro atoms. The first-order valence-corrected chi connectivity index (χ1v) is 5.73. The van der Waals surface area contributed by atoms with Crippen molar-refractivity contribution in [2.24, 2.45) is 5.73 Å². The van der Waals surface area contributed by atoms with Crippen LogP contribution in [0.4, 0.5) is 0 Å². The van der Waals surface area contributed by atoms with E-state index < -0.39 is 18.6 Å². The molecule has 0 aromatic carbocycles. The van der Waals surface area contributed by atoms with E-state index >= 15 is 0 Å². The molecule has 0 unspecified atom stereocenters. The molecule has 0 aromatic heterocycles. The van der Waals surface area contributed by atoms with Gasteiger partial charge in [-0.3, -0.25) is 4.79 Å². The van der Waals surface area contributed by atoms with Gasteiger partial charge in [0, 0.05) is 26.0 Å². The first-order valence-electron chi connectivity index (χ1n) is 5.73. The number of rotatable bonds is 5. The van der Waals surface area contributed by atoms with E-state index in [0.29, 0.717) is 0 Å². The number of nitrogens with two attached hydrogens (primary N) is 1. The number of aliphatic hydroxyl groups excluding tert-OH is 1. The van der Waals surface area contributed by atoms with Crippen LogP contribution < -0.4 is 5.73 Å². The molecule has 1 aliphatic heterocycles. The molecule has 0 amide bonds. The number of carboxylic acid groups (broad SMARTS) is 1. The van der Waals surface area contributed by atoms with Crippen molar-refractivity contribution in [2.75, 3.05) is 26.9 Å². The predicted octanol–water partition coefficient (Wildman–Crippen LogP) is -0.147. The molecule has 17 heavy (non-hydrogen) atoms. The van der Waals surface area contributed by atoms with E-state index in [1.54, 1.807) is 0 Å². The summed E-state index contributed by atoms with van der Waals surface area (Å²) in [6, 6.07) is -1.13. The van der Waals surface area contributed by atoms with Crippen LogP contribution in [0, 0.1) is 0 Å². The highest BCUT2D eigenvalue weighted by molar-refractivity contribution is 5.73. The van der Waals surface area contributed by atoms with Crippen LogP contribution in [0.3, 0.4) is 0 Å². The summed E-state index contributed by atoms with van der Waals surface area (Å²) in [5.41, 5.74) is 4.77. The van der Waals surface area contributed by atoms with Crippen LogP contribution in [0.5, 0.6) is 0 Å². The molecule has 0 aliphatic carbocycles. The summed E-state index contributed by atoms with van der Waals surface area (Å²) in [4.78, 5) is 14.2. The average Bonchev–Trinajstić information content (AvgIpc) is 2.72. The topological polar surface area (TPSA) is 90.0 Å². The van der Waals surface area contributed by atoms with Crippen molar-refractivity contribution in [2.45, 2.75) is 25.8 Å². The van der Waals surface area contributed by atoms with Crippen molar-refractivity contribution < 1.29 is 15.0 Å². The van der Waals surface area contributed by atoms with Gasteiger partial charge in [0.15, 0.2) is 0 Å². The Kier molecular flexibility index (Phi) is 8.17. The van der Waals surface area contributed by atoms with Gasteiger partial charge in [-0.2, -0.15) is 0 Å². The van der Waals surface area contributed by atoms with Gasteiger partial charge in [-0.25, -0.2) is 0 Å². The minimum absolute atomic E-state index is 0.505. The highest BCUT2D eigenvalue weighted by Gasteiger charge is 2.07. The zero-order valence-electron chi connectivity index (χ0n) is 10.5. The summed E-state index contributed by atoms with van der Waals surface area (Å²) in [5.74, 6) is -1.18. The van der Waals surface area contributed by atoms with Crippen molar-refractivity contribution in [3.8, 4) is 0 Å². The first-order chi connectivity index (χ1) is 8.01. The monoisotopic (exact) mass is 245 g/mol. The number of hydrogen-bond acceptors (Lipinski definition) is 5. The van der Waals surface area contributed by atoms with E-state index in [2.05, 4.69) is 36.2 Å². The summed E-state index contributed by atoms with van der Waals surface area (Å²) in [5, 5.41) is 15.9.